The molecule has 0 bridgehead atoms. The number of carbonyl (C=O) groups excluding carboxylic acids is 2. The summed E-state index contributed by atoms with van der Waals surface area (Å²) in [5.41, 5.74) is 1.39. The number of para-hydroxylation sites is 2. The number of hydrogen-bond acceptors (Lipinski definition) is 7. The van der Waals surface area contributed by atoms with Gasteiger partial charge in [0.2, 0.25) is 17.6 Å². The Morgan fingerprint density at radius 1 is 1.18 bits per heavy atom. The van der Waals surface area contributed by atoms with E-state index in [1.54, 1.807) is 29.4 Å². The predicted octanol–water partition coefficient (Wildman–Crippen LogP) is 3.16. The maximum atomic E-state index is 13.2. The minimum atomic E-state index is -0.773. The van der Waals surface area contributed by atoms with E-state index in [2.05, 4.69) is 20.4 Å². The maximum Gasteiger partial charge on any atom is 0.263 e. The van der Waals surface area contributed by atoms with Crippen LogP contribution in [0.4, 0.5) is 5.69 Å². The van der Waals surface area contributed by atoms with Crippen LogP contribution in [0.15, 0.2) is 53.3 Å². The Kier molecular flexibility index (Phi) is 6.97. The van der Waals surface area contributed by atoms with Gasteiger partial charge in [0.1, 0.15) is 5.75 Å². The Bertz CT molecular complexity index is 1100. The van der Waals surface area contributed by atoms with Gasteiger partial charge in [-0.3, -0.25) is 14.6 Å². The number of ether oxygens (including phenoxy) is 1. The van der Waals surface area contributed by atoms with E-state index in [9.17, 15) is 9.59 Å². The molecule has 0 aliphatic carbocycles. The lowest BCUT2D eigenvalue weighted by molar-refractivity contribution is -0.129. The Labute approximate surface area is 192 Å². The number of nitrogens with zero attached hydrogens (tertiary/aromatic N) is 4. The van der Waals surface area contributed by atoms with Crippen molar-refractivity contribution in [1.29, 1.82) is 0 Å². The number of pyridine rings is 1. The van der Waals surface area contributed by atoms with Crippen LogP contribution >= 0.6 is 0 Å². The summed E-state index contributed by atoms with van der Waals surface area (Å²) in [5.74, 6) is 0.951. The molecular weight excluding hydrogens is 422 g/mol. The van der Waals surface area contributed by atoms with Crippen molar-refractivity contribution in [2.45, 2.75) is 51.7 Å². The van der Waals surface area contributed by atoms with E-state index in [1.807, 2.05) is 38.1 Å². The number of amides is 2. The van der Waals surface area contributed by atoms with Gasteiger partial charge in [-0.15, -0.1) is 0 Å². The van der Waals surface area contributed by atoms with Crippen LogP contribution in [0.5, 0.6) is 5.75 Å². The molecule has 9 heteroatoms. The van der Waals surface area contributed by atoms with Gasteiger partial charge in [-0.1, -0.05) is 31.1 Å². The van der Waals surface area contributed by atoms with E-state index in [0.717, 1.165) is 18.4 Å². The molecule has 1 aliphatic heterocycles. The molecule has 33 heavy (non-hydrogen) atoms. The Balaban J connectivity index is 1.44. The summed E-state index contributed by atoms with van der Waals surface area (Å²) in [5, 5.41) is 6.98. The van der Waals surface area contributed by atoms with E-state index in [0.29, 0.717) is 23.2 Å². The molecule has 2 aromatic heterocycles. The molecule has 0 saturated carbocycles. The molecule has 2 amide bonds. The minimum Gasteiger partial charge on any atom is -0.477 e. The monoisotopic (exact) mass is 449 g/mol. The van der Waals surface area contributed by atoms with Gasteiger partial charge in [-0.05, 0) is 37.1 Å². The molecule has 1 N–H and O–H groups in total. The Morgan fingerprint density at radius 2 is 2.00 bits per heavy atom. The first-order valence-corrected chi connectivity index (χ1v) is 11.2. The average molecular weight is 450 g/mol. The minimum absolute atomic E-state index is 0.0777. The summed E-state index contributed by atoms with van der Waals surface area (Å²) in [4.78, 5) is 36.0. The summed E-state index contributed by atoms with van der Waals surface area (Å²) >= 11 is 0. The van der Waals surface area contributed by atoms with Gasteiger partial charge in [0, 0.05) is 36.8 Å². The molecular formula is C24H27N5O4. The highest BCUT2D eigenvalue weighted by Crippen LogP contribution is 2.33. The van der Waals surface area contributed by atoms with Crippen LogP contribution in [-0.2, 0) is 16.0 Å². The molecule has 3 heterocycles. The second kappa shape index (κ2) is 10.2. The number of anilines is 1. The molecule has 3 aromatic rings. The first-order valence-electron chi connectivity index (χ1n) is 11.2. The van der Waals surface area contributed by atoms with Crippen molar-refractivity contribution in [2.75, 3.05) is 11.4 Å². The molecule has 1 aliphatic rings. The lowest BCUT2D eigenvalue weighted by atomic mass is 10.1. The van der Waals surface area contributed by atoms with Gasteiger partial charge in [-0.25, -0.2) is 0 Å². The normalized spacial score (nSPS) is 15.1. The fourth-order valence-electron chi connectivity index (χ4n) is 3.71. The zero-order valence-electron chi connectivity index (χ0n) is 18.7. The molecule has 0 spiro atoms. The van der Waals surface area contributed by atoms with Crippen molar-refractivity contribution in [3.05, 3.63) is 54.7 Å². The Hall–Kier alpha value is -3.75. The molecule has 172 valence electrons. The van der Waals surface area contributed by atoms with E-state index in [-0.39, 0.29) is 37.2 Å². The number of fused-ring (bicyclic) bond motifs is 1. The van der Waals surface area contributed by atoms with Gasteiger partial charge >= 0.3 is 0 Å². The van der Waals surface area contributed by atoms with Crippen LogP contribution < -0.4 is 15.0 Å². The first-order chi connectivity index (χ1) is 16.1. The smallest absolute Gasteiger partial charge is 0.263 e. The highest BCUT2D eigenvalue weighted by atomic mass is 16.5. The zero-order valence-corrected chi connectivity index (χ0v) is 18.7. The third-order valence-electron chi connectivity index (χ3n) is 5.64. The number of rotatable bonds is 8. The van der Waals surface area contributed by atoms with Crippen LogP contribution in [0.25, 0.3) is 11.4 Å². The van der Waals surface area contributed by atoms with Crippen molar-refractivity contribution in [3.8, 4) is 17.1 Å². The molecule has 1 unspecified atom stereocenters. The maximum absolute atomic E-state index is 13.2. The largest absolute Gasteiger partial charge is 0.477 e. The third-order valence-corrected chi connectivity index (χ3v) is 5.64. The van der Waals surface area contributed by atoms with Crippen molar-refractivity contribution in [3.63, 3.8) is 0 Å². The van der Waals surface area contributed by atoms with Gasteiger partial charge in [0.15, 0.2) is 6.10 Å². The second-order valence-electron chi connectivity index (χ2n) is 7.85. The number of aryl methyl sites for hydroxylation is 1. The highest BCUT2D eigenvalue weighted by molar-refractivity contribution is 5.97. The fraction of sp³-hybridized carbons (Fsp3) is 0.375. The topological polar surface area (TPSA) is 110 Å². The van der Waals surface area contributed by atoms with Gasteiger partial charge in [-0.2, -0.15) is 4.98 Å². The van der Waals surface area contributed by atoms with E-state index < -0.39 is 6.10 Å². The first kappa shape index (κ1) is 22.4. The van der Waals surface area contributed by atoms with Crippen LogP contribution in [0.3, 0.4) is 0 Å². The van der Waals surface area contributed by atoms with Gasteiger partial charge in [0.25, 0.3) is 5.91 Å². The molecule has 1 atom stereocenters. The zero-order chi connectivity index (χ0) is 23.2. The lowest BCUT2D eigenvalue weighted by Gasteiger charge is -2.34. The van der Waals surface area contributed by atoms with Crippen LogP contribution in [0.2, 0.25) is 0 Å². The molecule has 0 radical (unpaired) electrons. The number of carbonyl (C=O) groups is 2. The van der Waals surface area contributed by atoms with Crippen LogP contribution in [0.1, 0.15) is 39.0 Å². The second-order valence-corrected chi connectivity index (χ2v) is 7.85. The summed E-state index contributed by atoms with van der Waals surface area (Å²) in [6, 6.07) is 10.9. The molecule has 0 fully saturated rings. The predicted molar refractivity (Wildman–Crippen MR) is 122 cm³/mol. The van der Waals surface area contributed by atoms with Crippen molar-refractivity contribution in [1.82, 2.24) is 20.4 Å². The van der Waals surface area contributed by atoms with Crippen molar-refractivity contribution < 1.29 is 18.8 Å². The van der Waals surface area contributed by atoms with E-state index in [1.165, 1.54) is 0 Å². The van der Waals surface area contributed by atoms with E-state index >= 15 is 0 Å². The molecule has 0 saturated heterocycles. The van der Waals surface area contributed by atoms with E-state index in [4.69, 9.17) is 9.26 Å². The number of benzene rings is 1. The summed E-state index contributed by atoms with van der Waals surface area (Å²) < 4.78 is 11.2. The number of nitrogens with one attached hydrogen (secondary N) is 1. The van der Waals surface area contributed by atoms with Crippen LogP contribution in [-0.4, -0.2) is 45.6 Å². The summed E-state index contributed by atoms with van der Waals surface area (Å²) in [7, 11) is 0. The number of aromatic nitrogens is 3. The highest BCUT2D eigenvalue weighted by Gasteiger charge is 2.34. The SMILES string of the molecule is CCC(CC)NC(=O)C1CN(C(=O)CCc2nc(-c3cccnc3)no2)c2ccccc2O1. The summed E-state index contributed by atoms with van der Waals surface area (Å²) in [6.07, 6.45) is 4.66. The average Bonchev–Trinajstić information content (AvgIpc) is 3.34. The fourth-order valence-corrected chi connectivity index (χ4v) is 3.71. The molecule has 9 nitrogen and oxygen atoms in total. The standard InChI is InChI=1S/C24H27N5O4/c1-3-17(4-2)26-24(31)20-15-29(18-9-5-6-10-19(18)32-20)22(30)12-11-21-27-23(28-33-21)16-8-7-13-25-14-16/h5-10,13-14,17,20H,3-4,11-12,15H2,1-2H3,(H,26,31). The molecule has 4 rings (SSSR count). The Morgan fingerprint density at radius 3 is 2.76 bits per heavy atom. The summed E-state index contributed by atoms with van der Waals surface area (Å²) in [6.45, 7) is 4.20. The van der Waals surface area contributed by atoms with Crippen molar-refractivity contribution >= 4 is 17.5 Å². The number of hydrogen-bond donors (Lipinski definition) is 1. The van der Waals surface area contributed by atoms with Gasteiger partial charge < -0.3 is 19.5 Å². The quantitative estimate of drug-likeness (QED) is 0.562. The molecule has 1 aromatic carbocycles. The van der Waals surface area contributed by atoms with Gasteiger partial charge in [0.05, 0.1) is 12.2 Å². The third kappa shape index (κ3) is 5.19. The lowest BCUT2D eigenvalue weighted by Crippen LogP contribution is -2.52. The van der Waals surface area contributed by atoms with Crippen LogP contribution in [0, 0.1) is 0 Å². The van der Waals surface area contributed by atoms with Crippen molar-refractivity contribution in [2.24, 2.45) is 0 Å².